The van der Waals surface area contributed by atoms with E-state index in [4.69, 9.17) is 0 Å². The van der Waals surface area contributed by atoms with Gasteiger partial charge in [-0.1, -0.05) is 17.4 Å². The van der Waals surface area contributed by atoms with Crippen molar-refractivity contribution in [2.45, 2.75) is 23.3 Å². The van der Waals surface area contributed by atoms with Gasteiger partial charge in [0.2, 0.25) is 5.13 Å². The van der Waals surface area contributed by atoms with Crippen LogP contribution in [0.4, 0.5) is 15.6 Å². The molecule has 0 spiro atoms. The van der Waals surface area contributed by atoms with Crippen LogP contribution in [-0.2, 0) is 21.1 Å². The first kappa shape index (κ1) is 21.8. The Kier molecular flexibility index (Phi) is 5.60. The molecule has 166 valence electrons. The van der Waals surface area contributed by atoms with Crippen LogP contribution in [0.3, 0.4) is 0 Å². The molecule has 0 aliphatic rings. The first-order valence-corrected chi connectivity index (χ1v) is 11.1. The number of rotatable bonds is 4. The molecule has 13 heteroatoms. The molecular formula is C19H20N8O3S2. The Bertz CT molecular complexity index is 1460. The van der Waals surface area contributed by atoms with Crippen LogP contribution in [0.15, 0.2) is 37.3 Å². The molecule has 0 saturated heterocycles. The lowest BCUT2D eigenvalue weighted by molar-refractivity contribution is 0.262. The Balaban J connectivity index is 1.53. The lowest BCUT2D eigenvalue weighted by Gasteiger charge is -2.07. The Hall–Kier alpha value is -3.45. The average molecular weight is 473 g/mol. The Morgan fingerprint density at radius 2 is 1.66 bits per heavy atom. The molecule has 0 unspecified atom stereocenters. The predicted octanol–water partition coefficient (Wildman–Crippen LogP) is 2.23. The highest BCUT2D eigenvalue weighted by molar-refractivity contribution is 8.01. The summed E-state index contributed by atoms with van der Waals surface area (Å²) in [4.78, 5) is 41.4. The Morgan fingerprint density at radius 3 is 2.34 bits per heavy atom. The van der Waals surface area contributed by atoms with Gasteiger partial charge in [0.15, 0.2) is 20.7 Å². The largest absolute Gasteiger partial charge is 0.332 e. The summed E-state index contributed by atoms with van der Waals surface area (Å²) in [6.07, 6.45) is 0. The predicted molar refractivity (Wildman–Crippen MR) is 124 cm³/mol. The average Bonchev–Trinajstić information content (AvgIpc) is 3.28. The molecule has 0 saturated carbocycles. The summed E-state index contributed by atoms with van der Waals surface area (Å²) in [5.74, 6) is 0. The maximum atomic E-state index is 12.5. The highest BCUT2D eigenvalue weighted by Gasteiger charge is 2.19. The quantitative estimate of drug-likeness (QED) is 0.436. The number of nitrogens with zero attached hydrogens (tertiary/aromatic N) is 6. The summed E-state index contributed by atoms with van der Waals surface area (Å²) in [5.41, 5.74) is 2.51. The second kappa shape index (κ2) is 8.24. The molecular weight excluding hydrogens is 452 g/mol. The first-order chi connectivity index (χ1) is 15.1. The molecule has 4 rings (SSSR count). The summed E-state index contributed by atoms with van der Waals surface area (Å²) < 4.78 is 4.50. The van der Waals surface area contributed by atoms with Gasteiger partial charge in [0.25, 0.3) is 5.56 Å². The van der Waals surface area contributed by atoms with Gasteiger partial charge in [0.05, 0.1) is 0 Å². The summed E-state index contributed by atoms with van der Waals surface area (Å²) in [6, 6.07) is 5.34. The lowest BCUT2D eigenvalue weighted by Crippen LogP contribution is -2.37. The Labute approximate surface area is 190 Å². The van der Waals surface area contributed by atoms with Gasteiger partial charge < -0.3 is 9.88 Å². The number of fused-ring (bicyclic) bond motifs is 1. The van der Waals surface area contributed by atoms with Crippen LogP contribution < -0.4 is 21.9 Å². The number of benzene rings is 1. The van der Waals surface area contributed by atoms with Gasteiger partial charge in [-0.3, -0.25) is 19.2 Å². The van der Waals surface area contributed by atoms with Crippen molar-refractivity contribution in [1.82, 2.24) is 28.9 Å². The second-order valence-electron chi connectivity index (χ2n) is 7.26. The number of hydrogen-bond acceptors (Lipinski definition) is 8. The van der Waals surface area contributed by atoms with Crippen molar-refractivity contribution >= 4 is 51.1 Å². The van der Waals surface area contributed by atoms with Gasteiger partial charge in [0, 0.05) is 26.8 Å². The molecule has 2 N–H and O–H groups in total. The molecule has 3 heterocycles. The van der Waals surface area contributed by atoms with E-state index in [1.807, 2.05) is 32.0 Å². The van der Waals surface area contributed by atoms with Crippen molar-refractivity contribution in [1.29, 1.82) is 0 Å². The number of aromatic nitrogens is 6. The van der Waals surface area contributed by atoms with E-state index in [0.717, 1.165) is 15.7 Å². The third-order valence-corrected chi connectivity index (χ3v) is 6.66. The normalized spacial score (nSPS) is 11.2. The molecule has 0 atom stereocenters. The summed E-state index contributed by atoms with van der Waals surface area (Å²) >= 11 is 2.36. The minimum atomic E-state index is -0.450. The van der Waals surface area contributed by atoms with Crippen molar-refractivity contribution in [3.8, 4) is 0 Å². The van der Waals surface area contributed by atoms with E-state index < -0.39 is 17.3 Å². The summed E-state index contributed by atoms with van der Waals surface area (Å²) in [6.45, 7) is 3.91. The fourth-order valence-electron chi connectivity index (χ4n) is 3.28. The van der Waals surface area contributed by atoms with Gasteiger partial charge in [-0.25, -0.2) is 14.6 Å². The first-order valence-electron chi connectivity index (χ1n) is 9.44. The fourth-order valence-corrected chi connectivity index (χ4v) is 4.97. The van der Waals surface area contributed by atoms with Gasteiger partial charge in [-0.05, 0) is 48.9 Å². The molecule has 4 aromatic rings. The number of carbonyl (C=O) groups is 1. The van der Waals surface area contributed by atoms with Gasteiger partial charge in [-0.15, -0.1) is 10.2 Å². The van der Waals surface area contributed by atoms with E-state index >= 15 is 0 Å². The molecule has 2 amide bonds. The van der Waals surface area contributed by atoms with Crippen molar-refractivity contribution in [2.75, 3.05) is 10.6 Å². The van der Waals surface area contributed by atoms with Crippen LogP contribution in [0.25, 0.3) is 11.2 Å². The van der Waals surface area contributed by atoms with Crippen LogP contribution in [0.1, 0.15) is 11.1 Å². The van der Waals surface area contributed by atoms with E-state index in [9.17, 15) is 14.4 Å². The minimum absolute atomic E-state index is 0.291. The molecule has 0 fully saturated rings. The number of urea groups is 1. The maximum absolute atomic E-state index is 12.5. The molecule has 0 bridgehead atoms. The minimum Gasteiger partial charge on any atom is -0.316 e. The summed E-state index contributed by atoms with van der Waals surface area (Å²) in [5, 5.41) is 14.3. The highest BCUT2D eigenvalue weighted by atomic mass is 32.2. The van der Waals surface area contributed by atoms with E-state index in [-0.39, 0.29) is 0 Å². The Morgan fingerprint density at radius 1 is 0.969 bits per heavy atom. The zero-order valence-electron chi connectivity index (χ0n) is 18.0. The zero-order valence-corrected chi connectivity index (χ0v) is 19.6. The van der Waals surface area contributed by atoms with Crippen LogP contribution in [-0.4, -0.2) is 34.9 Å². The number of aryl methyl sites for hydroxylation is 4. The molecule has 0 radical (unpaired) electrons. The number of amides is 2. The maximum Gasteiger partial charge on any atom is 0.332 e. The SMILES string of the molecule is Cc1cc(C)cc(NC(=O)Nc2nnc(Sc3nc4c(c(=O)n(C)c(=O)n4C)n3C)s2)c1. The van der Waals surface area contributed by atoms with Gasteiger partial charge in [-0.2, -0.15) is 0 Å². The topological polar surface area (TPSA) is 129 Å². The number of imidazole rings is 1. The third kappa shape index (κ3) is 4.03. The van der Waals surface area contributed by atoms with Crippen molar-refractivity contribution < 1.29 is 4.79 Å². The van der Waals surface area contributed by atoms with E-state index in [1.165, 1.54) is 34.7 Å². The van der Waals surface area contributed by atoms with Crippen LogP contribution in [0, 0.1) is 13.8 Å². The molecule has 1 aromatic carbocycles. The lowest BCUT2D eigenvalue weighted by atomic mass is 10.1. The third-order valence-electron chi connectivity index (χ3n) is 4.72. The number of anilines is 2. The molecule has 3 aromatic heterocycles. The fraction of sp³-hybridized carbons (Fsp3) is 0.263. The molecule has 32 heavy (non-hydrogen) atoms. The molecule has 0 aliphatic heterocycles. The van der Waals surface area contributed by atoms with Crippen LogP contribution in [0.5, 0.6) is 0 Å². The van der Waals surface area contributed by atoms with Gasteiger partial charge in [0.1, 0.15) is 0 Å². The van der Waals surface area contributed by atoms with Crippen LogP contribution >= 0.6 is 23.1 Å². The number of carbonyl (C=O) groups excluding carboxylic acids is 1. The van der Waals surface area contributed by atoms with Crippen molar-refractivity contribution in [3.05, 3.63) is 50.2 Å². The van der Waals surface area contributed by atoms with E-state index in [1.54, 1.807) is 18.7 Å². The number of hydrogen-bond donors (Lipinski definition) is 2. The number of nitrogens with one attached hydrogen (secondary N) is 2. The smallest absolute Gasteiger partial charge is 0.316 e. The molecule has 11 nitrogen and oxygen atoms in total. The van der Waals surface area contributed by atoms with E-state index in [2.05, 4.69) is 25.8 Å². The van der Waals surface area contributed by atoms with Gasteiger partial charge >= 0.3 is 11.7 Å². The van der Waals surface area contributed by atoms with E-state index in [0.29, 0.717) is 31.5 Å². The second-order valence-corrected chi connectivity index (χ2v) is 9.45. The monoisotopic (exact) mass is 472 g/mol. The summed E-state index contributed by atoms with van der Waals surface area (Å²) in [7, 11) is 4.68. The van der Waals surface area contributed by atoms with Crippen molar-refractivity contribution in [3.63, 3.8) is 0 Å². The van der Waals surface area contributed by atoms with Crippen molar-refractivity contribution in [2.24, 2.45) is 21.1 Å². The van der Waals surface area contributed by atoms with Crippen LogP contribution in [0.2, 0.25) is 0 Å². The zero-order chi connectivity index (χ0) is 23.2. The highest BCUT2D eigenvalue weighted by Crippen LogP contribution is 2.32. The molecule has 0 aliphatic carbocycles. The standard InChI is InChI=1S/C19H20N8O3S2/c1-9-6-10(2)8-11(7-9)20-15(29)22-16-23-24-18(31-16)32-17-21-13-12(25(17)3)14(28)27(5)19(30)26(13)4/h6-8H,1-5H3,(H2,20,22,23,29).